The van der Waals surface area contributed by atoms with Crippen molar-refractivity contribution in [2.24, 2.45) is 11.8 Å². The number of rotatable bonds is 5. The van der Waals surface area contributed by atoms with Crippen molar-refractivity contribution in [3.05, 3.63) is 24.0 Å². The van der Waals surface area contributed by atoms with Gasteiger partial charge in [-0.25, -0.2) is 4.98 Å². The number of aromatic amines is 1. The number of nitrogens with one attached hydrogen (secondary N) is 2. The van der Waals surface area contributed by atoms with Gasteiger partial charge in [-0.2, -0.15) is 0 Å². The molecular formula is C19H23N3O4. The van der Waals surface area contributed by atoms with Gasteiger partial charge in [0.2, 0.25) is 5.91 Å². The highest BCUT2D eigenvalue weighted by atomic mass is 16.5. The first-order chi connectivity index (χ1) is 12.6. The topological polar surface area (TPSA) is 104 Å². The van der Waals surface area contributed by atoms with E-state index in [0.29, 0.717) is 5.69 Å². The Kier molecular flexibility index (Phi) is 4.63. The molecule has 2 heterocycles. The molecule has 2 atom stereocenters. The first-order valence-corrected chi connectivity index (χ1v) is 9.27. The molecule has 1 saturated heterocycles. The Morgan fingerprint density at radius 3 is 2.73 bits per heavy atom. The van der Waals surface area contributed by atoms with Crippen molar-refractivity contribution in [1.82, 2.24) is 9.97 Å². The number of H-pyrrole nitrogens is 1. The Morgan fingerprint density at radius 2 is 2.04 bits per heavy atom. The fourth-order valence-electron chi connectivity index (χ4n) is 4.09. The van der Waals surface area contributed by atoms with Gasteiger partial charge < -0.3 is 20.1 Å². The van der Waals surface area contributed by atoms with Gasteiger partial charge in [0.05, 0.1) is 11.0 Å². The average Bonchev–Trinajstić information content (AvgIpc) is 3.35. The summed E-state index contributed by atoms with van der Waals surface area (Å²) in [7, 11) is 0. The lowest BCUT2D eigenvalue weighted by Gasteiger charge is -2.18. The van der Waals surface area contributed by atoms with E-state index in [-0.39, 0.29) is 12.0 Å². The van der Waals surface area contributed by atoms with Crippen LogP contribution in [0, 0.1) is 11.8 Å². The lowest BCUT2D eigenvalue weighted by atomic mass is 9.90. The highest BCUT2D eigenvalue weighted by molar-refractivity contribution is 6.05. The van der Waals surface area contributed by atoms with Gasteiger partial charge in [-0.1, -0.05) is 12.8 Å². The van der Waals surface area contributed by atoms with Gasteiger partial charge in [0.1, 0.15) is 17.8 Å². The molecule has 4 rings (SSSR count). The molecule has 2 unspecified atom stereocenters. The van der Waals surface area contributed by atoms with Crippen molar-refractivity contribution >= 4 is 28.6 Å². The zero-order valence-corrected chi connectivity index (χ0v) is 14.5. The maximum absolute atomic E-state index is 12.6. The molecule has 7 nitrogen and oxygen atoms in total. The van der Waals surface area contributed by atoms with Crippen LogP contribution in [-0.2, 0) is 14.3 Å². The molecule has 1 aromatic heterocycles. The number of fused-ring (bicyclic) bond motifs is 1. The van der Waals surface area contributed by atoms with Crippen LogP contribution < -0.4 is 5.32 Å². The predicted octanol–water partition coefficient (Wildman–Crippen LogP) is 3.24. The third kappa shape index (κ3) is 3.31. The zero-order valence-electron chi connectivity index (χ0n) is 14.5. The molecule has 1 aliphatic carbocycles. The normalized spacial score (nSPS) is 21.9. The van der Waals surface area contributed by atoms with Crippen molar-refractivity contribution in [3.63, 3.8) is 0 Å². The number of aromatic nitrogens is 2. The molecule has 0 bridgehead atoms. The Labute approximate surface area is 151 Å². The second kappa shape index (κ2) is 7.07. The number of ether oxygens (including phenoxy) is 1. The summed E-state index contributed by atoms with van der Waals surface area (Å²) in [5.74, 6) is -1.75. The van der Waals surface area contributed by atoms with E-state index in [0.717, 1.165) is 62.0 Å². The minimum absolute atomic E-state index is 0.000742. The third-order valence-electron chi connectivity index (χ3n) is 5.42. The first kappa shape index (κ1) is 17.0. The molecule has 0 spiro atoms. The number of carbonyl (C=O) groups is 2. The summed E-state index contributed by atoms with van der Waals surface area (Å²) in [5, 5.41) is 12.3. The van der Waals surface area contributed by atoms with Crippen LogP contribution in [0.25, 0.3) is 11.0 Å². The number of hydrogen-bond acceptors (Lipinski definition) is 4. The number of carboxylic acids is 1. The molecular weight excluding hydrogens is 334 g/mol. The van der Waals surface area contributed by atoms with Crippen molar-refractivity contribution < 1.29 is 19.4 Å². The van der Waals surface area contributed by atoms with E-state index in [9.17, 15) is 14.7 Å². The summed E-state index contributed by atoms with van der Waals surface area (Å²) in [4.78, 5) is 32.0. The molecule has 3 N–H and O–H groups in total. The zero-order chi connectivity index (χ0) is 18.1. The summed E-state index contributed by atoms with van der Waals surface area (Å²) in [5.41, 5.74) is 2.19. The summed E-state index contributed by atoms with van der Waals surface area (Å²) in [6.45, 7) is 0.751. The van der Waals surface area contributed by atoms with Gasteiger partial charge in [-0.05, 0) is 49.8 Å². The van der Waals surface area contributed by atoms with Crippen LogP contribution in [0.5, 0.6) is 0 Å². The lowest BCUT2D eigenvalue weighted by molar-refractivity contribution is -0.147. The molecule has 138 valence electrons. The molecule has 26 heavy (non-hydrogen) atoms. The van der Waals surface area contributed by atoms with Crippen molar-refractivity contribution in [1.29, 1.82) is 0 Å². The smallest absolute Gasteiger partial charge is 0.316 e. The number of anilines is 1. The summed E-state index contributed by atoms with van der Waals surface area (Å²) >= 11 is 0. The molecule has 1 saturated carbocycles. The Hall–Kier alpha value is -2.41. The average molecular weight is 357 g/mol. The van der Waals surface area contributed by atoms with Crippen LogP contribution in [0.3, 0.4) is 0 Å². The molecule has 2 aromatic rings. The van der Waals surface area contributed by atoms with E-state index in [4.69, 9.17) is 4.74 Å². The number of carbonyl (C=O) groups excluding carboxylic acids is 1. The Balaban J connectivity index is 1.52. The number of hydrogen-bond donors (Lipinski definition) is 3. The number of benzene rings is 1. The highest BCUT2D eigenvalue weighted by Gasteiger charge is 2.36. The van der Waals surface area contributed by atoms with Gasteiger partial charge >= 0.3 is 5.97 Å². The van der Waals surface area contributed by atoms with Gasteiger partial charge in [0.25, 0.3) is 0 Å². The third-order valence-corrected chi connectivity index (χ3v) is 5.42. The second-order valence-electron chi connectivity index (χ2n) is 7.21. The Bertz CT molecular complexity index is 819. The van der Waals surface area contributed by atoms with Gasteiger partial charge in [-0.15, -0.1) is 0 Å². The maximum Gasteiger partial charge on any atom is 0.316 e. The van der Waals surface area contributed by atoms with Crippen LogP contribution in [0.4, 0.5) is 5.69 Å². The largest absolute Gasteiger partial charge is 0.481 e. The minimum Gasteiger partial charge on any atom is -0.481 e. The van der Waals surface area contributed by atoms with E-state index in [2.05, 4.69) is 15.3 Å². The number of amides is 1. The number of nitrogens with zero attached hydrogens (tertiary/aromatic N) is 1. The van der Waals surface area contributed by atoms with Crippen LogP contribution >= 0.6 is 0 Å². The molecule has 2 fully saturated rings. The maximum atomic E-state index is 12.6. The number of imidazole rings is 1. The van der Waals surface area contributed by atoms with E-state index in [1.807, 2.05) is 6.07 Å². The molecule has 0 radical (unpaired) electrons. The number of carboxylic acid groups (broad SMARTS) is 1. The van der Waals surface area contributed by atoms with Crippen LogP contribution in [0.2, 0.25) is 0 Å². The fourth-order valence-corrected chi connectivity index (χ4v) is 4.09. The SMILES string of the molecule is O=C(O)C(C(=O)Nc1ccc2nc(C3CCCO3)[nH]c2c1)C1CCCC1. The van der Waals surface area contributed by atoms with Gasteiger partial charge in [-0.3, -0.25) is 9.59 Å². The van der Waals surface area contributed by atoms with E-state index in [1.54, 1.807) is 12.1 Å². The van der Waals surface area contributed by atoms with Crippen molar-refractivity contribution in [2.75, 3.05) is 11.9 Å². The first-order valence-electron chi connectivity index (χ1n) is 9.27. The van der Waals surface area contributed by atoms with E-state index >= 15 is 0 Å². The van der Waals surface area contributed by atoms with Crippen molar-refractivity contribution in [2.45, 2.75) is 44.6 Å². The van der Waals surface area contributed by atoms with Gasteiger partial charge in [0.15, 0.2) is 0 Å². The monoisotopic (exact) mass is 357 g/mol. The van der Waals surface area contributed by atoms with E-state index < -0.39 is 17.8 Å². The Morgan fingerprint density at radius 1 is 1.23 bits per heavy atom. The molecule has 1 amide bonds. The van der Waals surface area contributed by atoms with Crippen molar-refractivity contribution in [3.8, 4) is 0 Å². The van der Waals surface area contributed by atoms with E-state index in [1.165, 1.54) is 0 Å². The summed E-state index contributed by atoms with van der Waals surface area (Å²) < 4.78 is 5.65. The minimum atomic E-state index is -1.04. The van der Waals surface area contributed by atoms with Gasteiger partial charge in [0, 0.05) is 12.3 Å². The lowest BCUT2D eigenvalue weighted by Crippen LogP contribution is -2.34. The molecule has 7 heteroatoms. The number of aliphatic carboxylic acids is 1. The molecule has 2 aliphatic rings. The summed E-state index contributed by atoms with van der Waals surface area (Å²) in [6, 6.07) is 5.38. The predicted molar refractivity (Wildman–Crippen MR) is 95.7 cm³/mol. The molecule has 1 aliphatic heterocycles. The summed E-state index contributed by atoms with van der Waals surface area (Å²) in [6.07, 6.45) is 5.57. The van der Waals surface area contributed by atoms with Crippen LogP contribution in [0.15, 0.2) is 18.2 Å². The second-order valence-corrected chi connectivity index (χ2v) is 7.21. The van der Waals surface area contributed by atoms with Crippen LogP contribution in [-0.4, -0.2) is 33.6 Å². The van der Waals surface area contributed by atoms with Crippen LogP contribution in [0.1, 0.15) is 50.5 Å². The highest BCUT2D eigenvalue weighted by Crippen LogP contribution is 2.33. The molecule has 1 aromatic carbocycles. The standard InChI is InChI=1S/C19H23N3O4/c23-18(16(19(24)25)11-4-1-2-5-11)20-12-7-8-13-14(10-12)22-17(21-13)15-6-3-9-26-15/h7-8,10-11,15-16H,1-6,9H2,(H,20,23)(H,21,22)(H,24,25). The quantitative estimate of drug-likeness (QED) is 0.713. The fraction of sp³-hybridized carbons (Fsp3) is 0.526.